The zero-order valence-corrected chi connectivity index (χ0v) is 13.5. The van der Waals surface area contributed by atoms with Gasteiger partial charge in [-0.05, 0) is 35.5 Å². The maximum atomic E-state index is 2.22. The molecule has 0 saturated carbocycles. The van der Waals surface area contributed by atoms with Crippen molar-refractivity contribution in [2.45, 2.75) is 12.8 Å². The van der Waals surface area contributed by atoms with Gasteiger partial charge in [-0.2, -0.15) is 23.5 Å². The number of rotatable bonds is 9. The van der Waals surface area contributed by atoms with Crippen molar-refractivity contribution in [2.24, 2.45) is 0 Å². The fourth-order valence-corrected chi connectivity index (χ4v) is 4.10. The first-order valence-corrected chi connectivity index (χ1v) is 9.49. The molecule has 0 aliphatic heterocycles. The van der Waals surface area contributed by atoms with Crippen LogP contribution in [-0.2, 0) is 12.8 Å². The molecular formula is C18H22S2. The van der Waals surface area contributed by atoms with Crippen molar-refractivity contribution >= 4 is 23.5 Å². The van der Waals surface area contributed by atoms with Gasteiger partial charge < -0.3 is 0 Å². The van der Waals surface area contributed by atoms with Crippen molar-refractivity contribution in [2.75, 3.05) is 23.0 Å². The minimum Gasteiger partial charge on any atom is -0.161 e. The Morgan fingerprint density at radius 3 is 1.30 bits per heavy atom. The third-order valence-electron chi connectivity index (χ3n) is 3.13. The Morgan fingerprint density at radius 2 is 0.900 bits per heavy atom. The third kappa shape index (κ3) is 6.53. The first-order chi connectivity index (χ1) is 9.95. The molecule has 0 atom stereocenters. The third-order valence-corrected chi connectivity index (χ3v) is 5.36. The maximum Gasteiger partial charge on any atom is 0.00237 e. The van der Waals surface area contributed by atoms with Crippen LogP contribution in [0.4, 0.5) is 0 Å². The molecule has 0 N–H and O–H groups in total. The van der Waals surface area contributed by atoms with Crippen molar-refractivity contribution in [3.8, 4) is 0 Å². The average molecular weight is 303 g/mol. The van der Waals surface area contributed by atoms with Crippen LogP contribution in [0.2, 0.25) is 0 Å². The van der Waals surface area contributed by atoms with E-state index in [1.165, 1.54) is 47.0 Å². The van der Waals surface area contributed by atoms with Gasteiger partial charge in [-0.1, -0.05) is 60.7 Å². The van der Waals surface area contributed by atoms with Gasteiger partial charge in [0.2, 0.25) is 0 Å². The van der Waals surface area contributed by atoms with E-state index < -0.39 is 0 Å². The molecule has 0 nitrogen and oxygen atoms in total. The Labute approximate surface area is 131 Å². The van der Waals surface area contributed by atoms with E-state index in [-0.39, 0.29) is 0 Å². The molecular weight excluding hydrogens is 280 g/mol. The lowest BCUT2D eigenvalue weighted by molar-refractivity contribution is 1.15. The molecule has 0 unspecified atom stereocenters. The van der Waals surface area contributed by atoms with Crippen molar-refractivity contribution in [3.05, 3.63) is 71.8 Å². The highest BCUT2D eigenvalue weighted by molar-refractivity contribution is 8.02. The number of hydrogen-bond donors (Lipinski definition) is 0. The summed E-state index contributed by atoms with van der Waals surface area (Å²) < 4.78 is 0. The second-order valence-corrected chi connectivity index (χ2v) is 7.15. The summed E-state index contributed by atoms with van der Waals surface area (Å²) in [6.45, 7) is 0. The SMILES string of the molecule is c1ccc(CCSCCSCCc2ccccc2)cc1. The lowest BCUT2D eigenvalue weighted by atomic mass is 10.2. The Kier molecular flexibility index (Phi) is 7.73. The van der Waals surface area contributed by atoms with Crippen molar-refractivity contribution in [1.29, 1.82) is 0 Å². The normalized spacial score (nSPS) is 10.6. The first-order valence-electron chi connectivity index (χ1n) is 7.18. The standard InChI is InChI=1S/C18H22S2/c1-3-7-17(8-4-1)11-13-19-15-16-20-14-12-18-9-5-2-6-10-18/h1-10H,11-16H2. The number of thioether (sulfide) groups is 2. The van der Waals surface area contributed by atoms with E-state index in [0.29, 0.717) is 0 Å². The molecule has 0 bridgehead atoms. The predicted molar refractivity (Wildman–Crippen MR) is 94.9 cm³/mol. The van der Waals surface area contributed by atoms with E-state index in [0.717, 1.165) is 0 Å². The van der Waals surface area contributed by atoms with E-state index in [1.54, 1.807) is 0 Å². The molecule has 0 amide bonds. The van der Waals surface area contributed by atoms with Gasteiger partial charge in [0.25, 0.3) is 0 Å². The maximum absolute atomic E-state index is 2.22. The number of hydrogen-bond acceptors (Lipinski definition) is 2. The molecule has 0 radical (unpaired) electrons. The number of benzene rings is 2. The van der Waals surface area contributed by atoms with Crippen LogP contribution in [0, 0.1) is 0 Å². The number of aryl methyl sites for hydroxylation is 2. The smallest absolute Gasteiger partial charge is 0.00237 e. The van der Waals surface area contributed by atoms with E-state index in [1.807, 2.05) is 0 Å². The van der Waals surface area contributed by atoms with E-state index in [9.17, 15) is 0 Å². The summed E-state index contributed by atoms with van der Waals surface area (Å²) in [5.74, 6) is 5.02. The molecule has 0 aliphatic carbocycles. The van der Waals surface area contributed by atoms with Crippen LogP contribution in [0.15, 0.2) is 60.7 Å². The van der Waals surface area contributed by atoms with Crippen LogP contribution in [0.3, 0.4) is 0 Å². The molecule has 0 spiro atoms. The fourth-order valence-electron chi connectivity index (χ4n) is 1.99. The minimum atomic E-state index is 1.19. The largest absolute Gasteiger partial charge is 0.161 e. The molecule has 2 heteroatoms. The molecule has 20 heavy (non-hydrogen) atoms. The highest BCUT2D eigenvalue weighted by Gasteiger charge is 1.95. The van der Waals surface area contributed by atoms with Crippen LogP contribution in [0.5, 0.6) is 0 Å². The van der Waals surface area contributed by atoms with Gasteiger partial charge in [0.1, 0.15) is 0 Å². The van der Waals surface area contributed by atoms with Gasteiger partial charge in [-0.3, -0.25) is 0 Å². The monoisotopic (exact) mass is 302 g/mol. The zero-order chi connectivity index (χ0) is 13.9. The fraction of sp³-hybridized carbons (Fsp3) is 0.333. The van der Waals surface area contributed by atoms with Gasteiger partial charge in [-0.25, -0.2) is 0 Å². The summed E-state index contributed by atoms with van der Waals surface area (Å²) in [7, 11) is 0. The second kappa shape index (κ2) is 9.95. The minimum absolute atomic E-state index is 1.19. The van der Waals surface area contributed by atoms with Crippen LogP contribution < -0.4 is 0 Å². The highest BCUT2D eigenvalue weighted by atomic mass is 32.2. The predicted octanol–water partition coefficient (Wildman–Crippen LogP) is 4.94. The summed E-state index contributed by atoms with van der Waals surface area (Å²) in [5, 5.41) is 0. The zero-order valence-electron chi connectivity index (χ0n) is 11.8. The topological polar surface area (TPSA) is 0 Å². The van der Waals surface area contributed by atoms with Crippen molar-refractivity contribution in [1.82, 2.24) is 0 Å². The molecule has 2 aromatic rings. The molecule has 0 heterocycles. The van der Waals surface area contributed by atoms with Gasteiger partial charge in [0.15, 0.2) is 0 Å². The first kappa shape index (κ1) is 15.5. The van der Waals surface area contributed by atoms with Crippen LogP contribution >= 0.6 is 23.5 Å². The molecule has 0 aliphatic rings. The van der Waals surface area contributed by atoms with Crippen LogP contribution in [0.25, 0.3) is 0 Å². The summed E-state index contributed by atoms with van der Waals surface area (Å²) in [4.78, 5) is 0. The second-order valence-electron chi connectivity index (χ2n) is 4.70. The summed E-state index contributed by atoms with van der Waals surface area (Å²) in [6, 6.07) is 21.5. The van der Waals surface area contributed by atoms with Gasteiger partial charge >= 0.3 is 0 Å². The van der Waals surface area contributed by atoms with Crippen LogP contribution in [-0.4, -0.2) is 23.0 Å². The summed E-state index contributed by atoms with van der Waals surface area (Å²) >= 11 is 4.15. The summed E-state index contributed by atoms with van der Waals surface area (Å²) in [5.41, 5.74) is 2.91. The Bertz CT molecular complexity index is 408. The van der Waals surface area contributed by atoms with Gasteiger partial charge in [0.05, 0.1) is 0 Å². The lowest BCUT2D eigenvalue weighted by Gasteiger charge is -2.03. The average Bonchev–Trinajstić information content (AvgIpc) is 2.52. The van der Waals surface area contributed by atoms with E-state index in [4.69, 9.17) is 0 Å². The van der Waals surface area contributed by atoms with E-state index in [2.05, 4.69) is 84.2 Å². The Balaban J connectivity index is 1.44. The van der Waals surface area contributed by atoms with Crippen molar-refractivity contribution in [3.63, 3.8) is 0 Å². The Morgan fingerprint density at radius 1 is 0.500 bits per heavy atom. The van der Waals surface area contributed by atoms with Crippen LogP contribution in [0.1, 0.15) is 11.1 Å². The lowest BCUT2D eigenvalue weighted by Crippen LogP contribution is -1.94. The molecule has 0 aromatic heterocycles. The molecule has 0 fully saturated rings. The Hall–Kier alpha value is -0.860. The molecule has 0 saturated heterocycles. The highest BCUT2D eigenvalue weighted by Crippen LogP contribution is 2.11. The van der Waals surface area contributed by atoms with E-state index >= 15 is 0 Å². The quantitative estimate of drug-likeness (QED) is 0.602. The molecule has 2 rings (SSSR count). The van der Waals surface area contributed by atoms with Gasteiger partial charge in [-0.15, -0.1) is 0 Å². The van der Waals surface area contributed by atoms with Crippen molar-refractivity contribution < 1.29 is 0 Å². The molecule has 2 aromatic carbocycles. The van der Waals surface area contributed by atoms with Gasteiger partial charge in [0, 0.05) is 11.5 Å². The summed E-state index contributed by atoms with van der Waals surface area (Å²) in [6.07, 6.45) is 2.39. The molecule has 106 valence electrons.